The summed E-state index contributed by atoms with van der Waals surface area (Å²) in [6.07, 6.45) is 0. The molecule has 29 heavy (non-hydrogen) atoms. The van der Waals surface area contributed by atoms with Gasteiger partial charge in [-0.05, 0) is 48.9 Å². The zero-order chi connectivity index (χ0) is 20.6. The number of halogens is 1. The molecule has 150 valence electrons. The van der Waals surface area contributed by atoms with Crippen LogP contribution in [0, 0.1) is 0 Å². The second-order valence-corrected chi connectivity index (χ2v) is 7.38. The van der Waals surface area contributed by atoms with Gasteiger partial charge in [0.2, 0.25) is 0 Å². The molecular weight excluding hydrogens is 384 g/mol. The number of benzene rings is 3. The molecule has 0 aliphatic carbocycles. The fraction of sp³-hybridized carbons (Fsp3) is 0.208. The summed E-state index contributed by atoms with van der Waals surface area (Å²) in [4.78, 5) is 12.6. The minimum atomic E-state index is -0.0793. The molecule has 0 saturated carbocycles. The first-order chi connectivity index (χ1) is 14.1. The lowest BCUT2D eigenvalue weighted by Crippen LogP contribution is -2.87. The lowest BCUT2D eigenvalue weighted by Gasteiger charge is -2.18. The Hall–Kier alpha value is -2.82. The Morgan fingerprint density at radius 1 is 0.931 bits per heavy atom. The highest BCUT2D eigenvalue weighted by Crippen LogP contribution is 2.21. The number of nitrogens with two attached hydrogens (primary N) is 1. The average Bonchev–Trinajstić information content (AvgIpc) is 2.75. The summed E-state index contributed by atoms with van der Waals surface area (Å²) in [5, 5.41) is 5.80. The second kappa shape index (κ2) is 10.1. The number of carbonyl (C=O) groups excluding carboxylic acids is 1. The first-order valence-electron chi connectivity index (χ1n) is 9.64. The van der Waals surface area contributed by atoms with Crippen LogP contribution in [-0.2, 0) is 4.79 Å². The molecule has 3 rings (SSSR count). The van der Waals surface area contributed by atoms with Crippen LogP contribution in [0.2, 0.25) is 5.02 Å². The Morgan fingerprint density at radius 2 is 1.52 bits per heavy atom. The van der Waals surface area contributed by atoms with E-state index in [-0.39, 0.29) is 18.0 Å². The van der Waals surface area contributed by atoms with Gasteiger partial charge in [-0.2, -0.15) is 0 Å². The van der Waals surface area contributed by atoms with Crippen molar-refractivity contribution in [3.63, 3.8) is 0 Å². The molecule has 2 atom stereocenters. The Bertz CT molecular complexity index is 912. The van der Waals surface area contributed by atoms with Gasteiger partial charge < -0.3 is 15.4 Å². The van der Waals surface area contributed by atoms with Gasteiger partial charge >= 0.3 is 0 Å². The SMILES string of the molecule is COc1ccc([C@@H]([NH2+]CC(=O)N[C@@H](C)c2ccc(Cl)cc2)c2ccccc2)cc1. The Kier molecular flexibility index (Phi) is 7.28. The van der Waals surface area contributed by atoms with Crippen molar-refractivity contribution in [1.29, 1.82) is 0 Å². The van der Waals surface area contributed by atoms with Gasteiger partial charge in [0.1, 0.15) is 11.8 Å². The van der Waals surface area contributed by atoms with E-state index in [4.69, 9.17) is 16.3 Å². The number of rotatable bonds is 8. The van der Waals surface area contributed by atoms with Crippen LogP contribution >= 0.6 is 11.6 Å². The molecule has 0 saturated heterocycles. The predicted octanol–water partition coefficient (Wildman–Crippen LogP) is 3.88. The molecule has 5 heteroatoms. The molecule has 3 N–H and O–H groups in total. The maximum absolute atomic E-state index is 12.6. The summed E-state index contributed by atoms with van der Waals surface area (Å²) in [5.41, 5.74) is 3.30. The molecule has 0 aliphatic heterocycles. The summed E-state index contributed by atoms with van der Waals surface area (Å²) in [5.74, 6) is 0.803. The Morgan fingerprint density at radius 3 is 2.14 bits per heavy atom. The van der Waals surface area contributed by atoms with Crippen LogP contribution in [0.25, 0.3) is 0 Å². The topological polar surface area (TPSA) is 54.9 Å². The maximum Gasteiger partial charge on any atom is 0.275 e. The third kappa shape index (κ3) is 5.83. The molecule has 0 bridgehead atoms. The van der Waals surface area contributed by atoms with Gasteiger partial charge in [-0.1, -0.05) is 54.1 Å². The van der Waals surface area contributed by atoms with Gasteiger partial charge in [0.15, 0.2) is 6.54 Å². The minimum absolute atomic E-state index is 0.0121. The van der Waals surface area contributed by atoms with E-state index in [1.807, 2.05) is 73.7 Å². The van der Waals surface area contributed by atoms with Crippen molar-refractivity contribution in [2.75, 3.05) is 13.7 Å². The monoisotopic (exact) mass is 409 g/mol. The van der Waals surface area contributed by atoms with Gasteiger partial charge in [-0.3, -0.25) is 4.79 Å². The molecule has 4 nitrogen and oxygen atoms in total. The number of nitrogens with one attached hydrogen (secondary N) is 1. The normalized spacial score (nSPS) is 12.8. The zero-order valence-electron chi connectivity index (χ0n) is 16.6. The van der Waals surface area contributed by atoms with Gasteiger partial charge in [-0.25, -0.2) is 0 Å². The summed E-state index contributed by atoms with van der Waals surface area (Å²) in [6, 6.07) is 25.7. The van der Waals surface area contributed by atoms with Crippen LogP contribution < -0.4 is 15.4 Å². The van der Waals surface area contributed by atoms with Gasteiger partial charge in [0.25, 0.3) is 5.91 Å². The molecule has 0 fully saturated rings. The van der Waals surface area contributed by atoms with Crippen LogP contribution in [0.3, 0.4) is 0 Å². The Labute approximate surface area is 176 Å². The van der Waals surface area contributed by atoms with Crippen molar-refractivity contribution < 1.29 is 14.8 Å². The molecular formula is C24H26ClN2O2+. The van der Waals surface area contributed by atoms with Crippen LogP contribution in [0.15, 0.2) is 78.9 Å². The molecule has 0 unspecified atom stereocenters. The lowest BCUT2D eigenvalue weighted by molar-refractivity contribution is -0.676. The fourth-order valence-electron chi connectivity index (χ4n) is 3.30. The highest BCUT2D eigenvalue weighted by molar-refractivity contribution is 6.30. The average molecular weight is 410 g/mol. The molecule has 0 aromatic heterocycles. The first kappa shape index (κ1) is 20.9. The van der Waals surface area contributed by atoms with Crippen molar-refractivity contribution in [2.45, 2.75) is 19.0 Å². The standard InChI is InChI=1S/C24H25ClN2O2/c1-17(18-8-12-21(25)13-9-18)27-23(28)16-26-24(19-6-4-3-5-7-19)20-10-14-22(29-2)15-11-20/h3-15,17,24,26H,16H2,1-2H3,(H,27,28)/p+1/t17-,24-/m0/s1. The predicted molar refractivity (Wildman–Crippen MR) is 116 cm³/mol. The van der Waals surface area contributed by atoms with Crippen LogP contribution in [0.4, 0.5) is 0 Å². The smallest absolute Gasteiger partial charge is 0.275 e. The number of amides is 1. The maximum atomic E-state index is 12.6. The number of methoxy groups -OCH3 is 1. The molecule has 0 spiro atoms. The van der Waals surface area contributed by atoms with E-state index in [9.17, 15) is 4.79 Å². The van der Waals surface area contributed by atoms with Gasteiger partial charge in [-0.15, -0.1) is 0 Å². The van der Waals surface area contributed by atoms with E-state index in [1.54, 1.807) is 7.11 Å². The van der Waals surface area contributed by atoms with E-state index in [1.165, 1.54) is 0 Å². The van der Waals surface area contributed by atoms with Crippen molar-refractivity contribution in [3.8, 4) is 5.75 Å². The molecule has 0 aliphatic rings. The highest BCUT2D eigenvalue weighted by atomic mass is 35.5. The minimum Gasteiger partial charge on any atom is -0.497 e. The van der Waals surface area contributed by atoms with Crippen molar-refractivity contribution in [2.24, 2.45) is 0 Å². The largest absolute Gasteiger partial charge is 0.497 e. The van der Waals surface area contributed by atoms with E-state index in [0.717, 1.165) is 22.4 Å². The molecule has 0 radical (unpaired) electrons. The molecule has 3 aromatic rings. The lowest BCUT2D eigenvalue weighted by atomic mass is 9.98. The summed E-state index contributed by atoms with van der Waals surface area (Å²) in [6.45, 7) is 2.29. The van der Waals surface area contributed by atoms with Crippen LogP contribution in [-0.4, -0.2) is 19.6 Å². The molecule has 0 heterocycles. The van der Waals surface area contributed by atoms with Crippen LogP contribution in [0.5, 0.6) is 5.75 Å². The van der Waals surface area contributed by atoms with E-state index >= 15 is 0 Å². The molecule has 1 amide bonds. The van der Waals surface area contributed by atoms with E-state index in [0.29, 0.717) is 11.6 Å². The van der Waals surface area contributed by atoms with Gasteiger partial charge in [0, 0.05) is 16.1 Å². The van der Waals surface area contributed by atoms with E-state index in [2.05, 4.69) is 22.8 Å². The third-order valence-corrected chi connectivity index (χ3v) is 5.17. The number of carbonyl (C=O) groups is 1. The summed E-state index contributed by atoms with van der Waals surface area (Å²) < 4.78 is 5.26. The Balaban J connectivity index is 1.67. The first-order valence-corrected chi connectivity index (χ1v) is 10.0. The number of ether oxygens (including phenoxy) is 1. The second-order valence-electron chi connectivity index (χ2n) is 6.94. The zero-order valence-corrected chi connectivity index (χ0v) is 17.4. The van der Waals surface area contributed by atoms with Gasteiger partial charge in [0.05, 0.1) is 13.2 Å². The van der Waals surface area contributed by atoms with Crippen LogP contribution in [0.1, 0.15) is 35.7 Å². The van der Waals surface area contributed by atoms with E-state index < -0.39 is 0 Å². The van der Waals surface area contributed by atoms with Crippen molar-refractivity contribution in [3.05, 3.63) is 101 Å². The van der Waals surface area contributed by atoms with Crippen molar-refractivity contribution in [1.82, 2.24) is 5.32 Å². The fourth-order valence-corrected chi connectivity index (χ4v) is 3.42. The third-order valence-electron chi connectivity index (χ3n) is 4.92. The quantitative estimate of drug-likeness (QED) is 0.593. The number of quaternary nitrogens is 1. The number of hydrogen-bond acceptors (Lipinski definition) is 2. The van der Waals surface area contributed by atoms with Crippen molar-refractivity contribution >= 4 is 17.5 Å². The molecule has 3 aromatic carbocycles. The highest BCUT2D eigenvalue weighted by Gasteiger charge is 2.20. The summed E-state index contributed by atoms with van der Waals surface area (Å²) in [7, 11) is 1.65. The summed E-state index contributed by atoms with van der Waals surface area (Å²) >= 11 is 5.94. The number of hydrogen-bond donors (Lipinski definition) is 2.